The maximum atomic E-state index is 14.3. The van der Waals surface area contributed by atoms with Crippen molar-refractivity contribution in [3.63, 3.8) is 0 Å². The molecule has 2 aliphatic heterocycles. The Morgan fingerprint density at radius 1 is 0.936 bits per heavy atom. The summed E-state index contributed by atoms with van der Waals surface area (Å²) in [5.74, 6) is -0.296. The Labute approximate surface area is 285 Å². The summed E-state index contributed by atoms with van der Waals surface area (Å²) in [6.07, 6.45) is -0.175. The molecule has 0 aromatic heterocycles. The van der Waals surface area contributed by atoms with Crippen LogP contribution >= 0.6 is 23.2 Å². The first-order chi connectivity index (χ1) is 22.6. The first-order valence-corrected chi connectivity index (χ1v) is 16.5. The highest BCUT2D eigenvalue weighted by molar-refractivity contribution is 6.42. The Bertz CT molecular complexity index is 1790. The average molecular weight is 674 g/mol. The summed E-state index contributed by atoms with van der Waals surface area (Å²) >= 11 is 12.3. The molecule has 47 heavy (non-hydrogen) atoms. The van der Waals surface area contributed by atoms with E-state index in [2.05, 4.69) is 28.8 Å². The molecule has 0 bridgehead atoms. The fourth-order valence-electron chi connectivity index (χ4n) is 6.59. The number of nitrogens with zero attached hydrogens (tertiary/aromatic N) is 4. The number of fused-ring (bicyclic) bond motifs is 2. The number of rotatable bonds is 9. The minimum atomic E-state index is -0.727. The van der Waals surface area contributed by atoms with Gasteiger partial charge in [-0.25, -0.2) is 4.79 Å². The standard InChI is InChI=1S/C36H38Cl2N6O3/c1-23(2)44(36(47)40-19-25-13-16-30(37)31(38)17-25)42-22-34(45)43-32(18-24-11-14-28(39-3)15-12-24)35(46)41(21-33(42)43)20-27-9-6-8-26-7-4-5-10-29(26)27/h4-17,23,32-33,39H,18-22H2,1-3H3,(H,40,47)/t32-,33+/m0/s1. The van der Waals surface area contributed by atoms with E-state index < -0.39 is 12.2 Å². The molecule has 4 aromatic carbocycles. The maximum absolute atomic E-state index is 14.3. The number of carbonyl (C=O) groups excluding carboxylic acids is 3. The third-order valence-corrected chi connectivity index (χ3v) is 9.62. The maximum Gasteiger partial charge on any atom is 0.332 e. The summed E-state index contributed by atoms with van der Waals surface area (Å²) in [5, 5.41) is 12.5. The number of piperazine rings is 1. The van der Waals surface area contributed by atoms with Crippen LogP contribution < -0.4 is 10.6 Å². The van der Waals surface area contributed by atoms with E-state index in [0.717, 1.165) is 33.2 Å². The van der Waals surface area contributed by atoms with Gasteiger partial charge in [-0.15, -0.1) is 0 Å². The van der Waals surface area contributed by atoms with Crippen LogP contribution in [0.2, 0.25) is 10.0 Å². The van der Waals surface area contributed by atoms with Crippen LogP contribution in [0.4, 0.5) is 10.5 Å². The van der Waals surface area contributed by atoms with Crippen molar-refractivity contribution in [3.05, 3.63) is 112 Å². The number of hydrogen-bond donors (Lipinski definition) is 2. The Kier molecular flexibility index (Phi) is 9.59. The van der Waals surface area contributed by atoms with Crippen LogP contribution in [0, 0.1) is 0 Å². The van der Waals surface area contributed by atoms with Gasteiger partial charge in [0.25, 0.3) is 0 Å². The van der Waals surface area contributed by atoms with Crippen molar-refractivity contribution in [1.29, 1.82) is 0 Å². The fraction of sp³-hybridized carbons (Fsp3) is 0.306. The monoisotopic (exact) mass is 672 g/mol. The molecule has 11 heteroatoms. The summed E-state index contributed by atoms with van der Waals surface area (Å²) < 4.78 is 0. The molecule has 0 spiro atoms. The number of anilines is 1. The Hall–Kier alpha value is -4.31. The first-order valence-electron chi connectivity index (χ1n) is 15.8. The number of carbonyl (C=O) groups is 3. The smallest absolute Gasteiger partial charge is 0.332 e. The van der Waals surface area contributed by atoms with Crippen LogP contribution in [0.15, 0.2) is 84.9 Å². The zero-order valence-corrected chi connectivity index (χ0v) is 28.1. The lowest BCUT2D eigenvalue weighted by atomic mass is 9.98. The SMILES string of the molecule is CNc1ccc(C[C@H]2C(=O)N(Cc3cccc4ccccc34)C[C@H]3N2C(=O)CN3N(C(=O)NCc2ccc(Cl)c(Cl)c2)C(C)C)cc1. The van der Waals surface area contributed by atoms with Gasteiger partial charge in [-0.3, -0.25) is 14.6 Å². The van der Waals surface area contributed by atoms with Crippen molar-refractivity contribution < 1.29 is 14.4 Å². The van der Waals surface area contributed by atoms with E-state index in [1.165, 1.54) is 0 Å². The largest absolute Gasteiger partial charge is 0.388 e. The zero-order valence-electron chi connectivity index (χ0n) is 26.6. The second-order valence-electron chi connectivity index (χ2n) is 12.2. The van der Waals surface area contributed by atoms with Gasteiger partial charge < -0.3 is 20.4 Å². The van der Waals surface area contributed by atoms with E-state index in [4.69, 9.17) is 23.2 Å². The van der Waals surface area contributed by atoms with Crippen LogP contribution in [0.25, 0.3) is 10.8 Å². The quantitative estimate of drug-likeness (QED) is 0.223. The molecule has 0 aliphatic carbocycles. The van der Waals surface area contributed by atoms with Crippen molar-refractivity contribution in [2.24, 2.45) is 0 Å². The van der Waals surface area contributed by atoms with Crippen molar-refractivity contribution in [1.82, 2.24) is 25.1 Å². The lowest BCUT2D eigenvalue weighted by Crippen LogP contribution is -2.66. The lowest BCUT2D eigenvalue weighted by Gasteiger charge is -2.47. The lowest BCUT2D eigenvalue weighted by molar-refractivity contribution is -0.158. The van der Waals surface area contributed by atoms with Gasteiger partial charge in [0, 0.05) is 38.3 Å². The van der Waals surface area contributed by atoms with Gasteiger partial charge in [0.15, 0.2) is 0 Å². The molecule has 0 saturated carbocycles. The molecule has 2 fully saturated rings. The van der Waals surface area contributed by atoms with Crippen LogP contribution in [-0.4, -0.2) is 76.0 Å². The second-order valence-corrected chi connectivity index (χ2v) is 13.1. The summed E-state index contributed by atoms with van der Waals surface area (Å²) in [7, 11) is 1.86. The molecule has 9 nitrogen and oxygen atoms in total. The Morgan fingerprint density at radius 2 is 1.66 bits per heavy atom. The molecule has 244 valence electrons. The number of halogens is 2. The van der Waals surface area contributed by atoms with Gasteiger partial charge in [0.05, 0.1) is 23.1 Å². The molecule has 0 radical (unpaired) electrons. The van der Waals surface area contributed by atoms with E-state index in [9.17, 15) is 14.4 Å². The number of hydrazine groups is 1. The molecule has 2 N–H and O–H groups in total. The summed E-state index contributed by atoms with van der Waals surface area (Å²) in [6.45, 7) is 4.67. The topological polar surface area (TPSA) is 88.2 Å². The van der Waals surface area contributed by atoms with Crippen LogP contribution in [-0.2, 0) is 29.1 Å². The van der Waals surface area contributed by atoms with Gasteiger partial charge in [-0.2, -0.15) is 5.01 Å². The van der Waals surface area contributed by atoms with E-state index >= 15 is 0 Å². The van der Waals surface area contributed by atoms with Crippen LogP contribution in [0.5, 0.6) is 0 Å². The third kappa shape index (κ3) is 6.74. The van der Waals surface area contributed by atoms with E-state index in [0.29, 0.717) is 23.0 Å². The third-order valence-electron chi connectivity index (χ3n) is 8.88. The molecule has 2 saturated heterocycles. The van der Waals surface area contributed by atoms with Gasteiger partial charge in [0.2, 0.25) is 11.8 Å². The summed E-state index contributed by atoms with van der Waals surface area (Å²) in [6, 6.07) is 26.0. The number of amides is 4. The van der Waals surface area contributed by atoms with Gasteiger partial charge in [0.1, 0.15) is 12.2 Å². The molecule has 4 amide bonds. The highest BCUT2D eigenvalue weighted by Gasteiger charge is 2.52. The summed E-state index contributed by atoms with van der Waals surface area (Å²) in [4.78, 5) is 45.5. The first kappa shape index (κ1) is 32.6. The van der Waals surface area contributed by atoms with E-state index in [1.807, 2.05) is 79.3 Å². The predicted octanol–water partition coefficient (Wildman–Crippen LogP) is 6.15. The van der Waals surface area contributed by atoms with Crippen molar-refractivity contribution in [3.8, 4) is 0 Å². The molecule has 6 rings (SSSR count). The minimum absolute atomic E-state index is 0.0202. The normalized spacial score (nSPS) is 18.2. The summed E-state index contributed by atoms with van der Waals surface area (Å²) in [5.41, 5.74) is 3.73. The molecular formula is C36H38Cl2N6O3. The Balaban J connectivity index is 1.31. The second kappa shape index (κ2) is 13.8. The molecular weight excluding hydrogens is 635 g/mol. The highest BCUT2D eigenvalue weighted by Crippen LogP contribution is 2.32. The van der Waals surface area contributed by atoms with Crippen LogP contribution in [0.1, 0.15) is 30.5 Å². The van der Waals surface area contributed by atoms with Gasteiger partial charge in [-0.1, -0.05) is 83.9 Å². The number of benzene rings is 4. The minimum Gasteiger partial charge on any atom is -0.388 e. The van der Waals surface area contributed by atoms with Crippen LogP contribution in [0.3, 0.4) is 0 Å². The average Bonchev–Trinajstić information content (AvgIpc) is 3.38. The van der Waals surface area contributed by atoms with E-state index in [-0.39, 0.29) is 43.5 Å². The van der Waals surface area contributed by atoms with Gasteiger partial charge >= 0.3 is 6.03 Å². The fourth-order valence-corrected chi connectivity index (χ4v) is 6.91. The molecule has 0 unspecified atom stereocenters. The van der Waals surface area contributed by atoms with Gasteiger partial charge in [-0.05, 0) is 65.6 Å². The number of hydrogen-bond acceptors (Lipinski definition) is 5. The molecule has 4 aromatic rings. The predicted molar refractivity (Wildman–Crippen MR) is 186 cm³/mol. The zero-order chi connectivity index (χ0) is 33.2. The number of urea groups is 1. The van der Waals surface area contributed by atoms with Crippen molar-refractivity contribution >= 4 is 57.5 Å². The molecule has 2 atom stereocenters. The van der Waals surface area contributed by atoms with E-state index in [1.54, 1.807) is 28.1 Å². The highest BCUT2D eigenvalue weighted by atomic mass is 35.5. The Morgan fingerprint density at radius 3 is 2.38 bits per heavy atom. The number of nitrogens with one attached hydrogen (secondary N) is 2. The molecule has 2 aliphatic rings. The molecule has 2 heterocycles. The van der Waals surface area contributed by atoms with Crippen molar-refractivity contribution in [2.75, 3.05) is 25.5 Å². The van der Waals surface area contributed by atoms with Crippen molar-refractivity contribution in [2.45, 2.75) is 51.6 Å².